The Morgan fingerprint density at radius 3 is 2.75 bits per heavy atom. The van der Waals surface area contributed by atoms with E-state index in [1.54, 1.807) is 6.07 Å². The van der Waals surface area contributed by atoms with Gasteiger partial charge in [-0.25, -0.2) is 0 Å². The summed E-state index contributed by atoms with van der Waals surface area (Å²) < 4.78 is 0. The van der Waals surface area contributed by atoms with Crippen LogP contribution in [0.25, 0.3) is 0 Å². The summed E-state index contributed by atoms with van der Waals surface area (Å²) in [6, 6.07) is 6.86. The van der Waals surface area contributed by atoms with Crippen molar-refractivity contribution in [3.63, 3.8) is 0 Å². The van der Waals surface area contributed by atoms with Crippen molar-refractivity contribution in [3.05, 3.63) is 33.9 Å². The fourth-order valence-corrected chi connectivity index (χ4v) is 1.66. The molecule has 1 aromatic rings. The number of hydrogen-bond acceptors (Lipinski definition) is 4. The molecule has 1 aliphatic carbocycles. The maximum Gasteiger partial charge on any atom is 0.289 e. The molecule has 0 aromatic heterocycles. The van der Waals surface area contributed by atoms with Gasteiger partial charge in [-0.15, -0.1) is 0 Å². The van der Waals surface area contributed by atoms with Crippen LogP contribution in [0, 0.1) is 21.4 Å². The van der Waals surface area contributed by atoms with Crippen LogP contribution in [0.3, 0.4) is 0 Å². The van der Waals surface area contributed by atoms with E-state index in [0.717, 1.165) is 18.5 Å². The Bertz CT molecular complexity index is 461. The minimum Gasteiger partial charge on any atom is -0.382 e. The zero-order chi connectivity index (χ0) is 11.5. The van der Waals surface area contributed by atoms with Crippen molar-refractivity contribution in [3.8, 4) is 6.07 Å². The summed E-state index contributed by atoms with van der Waals surface area (Å²) in [5, 5.41) is 22.7. The highest BCUT2D eigenvalue weighted by Gasteiger charge is 2.19. The van der Waals surface area contributed by atoms with E-state index in [4.69, 9.17) is 5.26 Å². The average molecular weight is 217 g/mol. The Hall–Kier alpha value is -2.09. The van der Waals surface area contributed by atoms with E-state index in [9.17, 15) is 10.1 Å². The van der Waals surface area contributed by atoms with Crippen molar-refractivity contribution in [2.24, 2.45) is 0 Å². The predicted molar refractivity (Wildman–Crippen MR) is 59.1 cm³/mol. The molecule has 1 saturated carbocycles. The van der Waals surface area contributed by atoms with E-state index in [-0.39, 0.29) is 11.3 Å². The summed E-state index contributed by atoms with van der Waals surface area (Å²) >= 11 is 0. The molecule has 0 bridgehead atoms. The van der Waals surface area contributed by atoms with Crippen molar-refractivity contribution in [2.75, 3.05) is 5.32 Å². The lowest BCUT2D eigenvalue weighted by atomic mass is 9.93. The minimum atomic E-state index is -0.523. The highest BCUT2D eigenvalue weighted by molar-refractivity contribution is 5.59. The third kappa shape index (κ3) is 1.96. The lowest BCUT2D eigenvalue weighted by molar-refractivity contribution is -0.385. The monoisotopic (exact) mass is 217 g/mol. The average Bonchev–Trinajstić information content (AvgIpc) is 2.23. The quantitative estimate of drug-likeness (QED) is 0.622. The predicted octanol–water partition coefficient (Wildman–Crippen LogP) is 2.43. The van der Waals surface area contributed by atoms with Gasteiger partial charge in [-0.1, -0.05) is 0 Å². The zero-order valence-corrected chi connectivity index (χ0v) is 8.64. The fraction of sp³-hybridized carbons (Fsp3) is 0.364. The van der Waals surface area contributed by atoms with Crippen molar-refractivity contribution in [2.45, 2.75) is 25.3 Å². The molecule has 5 heteroatoms. The Kier molecular flexibility index (Phi) is 2.73. The second kappa shape index (κ2) is 4.19. The molecule has 1 fully saturated rings. The Morgan fingerprint density at radius 2 is 2.25 bits per heavy atom. The van der Waals surface area contributed by atoms with Gasteiger partial charge in [-0.05, 0) is 31.4 Å². The summed E-state index contributed by atoms with van der Waals surface area (Å²) in [4.78, 5) is 10.2. The van der Waals surface area contributed by atoms with Gasteiger partial charge in [-0.3, -0.25) is 10.1 Å². The van der Waals surface area contributed by atoms with Crippen LogP contribution < -0.4 is 5.32 Å². The van der Waals surface area contributed by atoms with Gasteiger partial charge in [-0.2, -0.15) is 5.26 Å². The summed E-state index contributed by atoms with van der Waals surface area (Å²) in [7, 11) is 0. The van der Waals surface area contributed by atoms with E-state index in [1.165, 1.54) is 18.6 Å². The van der Waals surface area contributed by atoms with E-state index in [1.807, 2.05) is 6.07 Å². The lowest BCUT2D eigenvalue weighted by Crippen LogP contribution is -2.26. The van der Waals surface area contributed by atoms with E-state index in [2.05, 4.69) is 5.32 Å². The molecule has 0 aliphatic heterocycles. The number of anilines is 1. The number of nitrogens with zero attached hydrogens (tertiary/aromatic N) is 2. The summed E-state index contributed by atoms with van der Waals surface area (Å²) in [5.74, 6) is 0. The topological polar surface area (TPSA) is 79.0 Å². The van der Waals surface area contributed by atoms with E-state index in [0.29, 0.717) is 6.04 Å². The molecule has 0 amide bonds. The highest BCUT2D eigenvalue weighted by atomic mass is 16.6. The van der Waals surface area contributed by atoms with Gasteiger partial charge < -0.3 is 5.32 Å². The van der Waals surface area contributed by atoms with Crippen molar-refractivity contribution in [1.82, 2.24) is 0 Å². The number of nitrogens with one attached hydrogen (secondary N) is 1. The summed E-state index contributed by atoms with van der Waals surface area (Å²) in [5.41, 5.74) is 0.686. The number of benzene rings is 1. The normalized spacial score (nSPS) is 14.9. The first-order valence-corrected chi connectivity index (χ1v) is 5.16. The molecule has 82 valence electrons. The Morgan fingerprint density at radius 1 is 1.50 bits per heavy atom. The Balaban J connectivity index is 2.24. The molecule has 16 heavy (non-hydrogen) atoms. The van der Waals surface area contributed by atoms with Crippen LogP contribution in [0.4, 0.5) is 11.4 Å². The SMILES string of the molecule is N#Cc1ccc(NC2CCC2)cc1[N+](=O)[O-]. The molecule has 1 aliphatic rings. The molecule has 1 N–H and O–H groups in total. The van der Waals surface area contributed by atoms with Crippen LogP contribution in [-0.2, 0) is 0 Å². The van der Waals surface area contributed by atoms with Gasteiger partial charge in [0.05, 0.1) is 4.92 Å². The van der Waals surface area contributed by atoms with Crippen LogP contribution in [0.5, 0.6) is 0 Å². The molecule has 0 atom stereocenters. The van der Waals surface area contributed by atoms with Crippen LogP contribution in [0.1, 0.15) is 24.8 Å². The van der Waals surface area contributed by atoms with Gasteiger partial charge in [0.25, 0.3) is 5.69 Å². The van der Waals surface area contributed by atoms with Gasteiger partial charge >= 0.3 is 0 Å². The number of nitro benzene ring substituents is 1. The maximum atomic E-state index is 10.7. The van der Waals surface area contributed by atoms with E-state index < -0.39 is 4.92 Å². The van der Waals surface area contributed by atoms with Crippen LogP contribution in [-0.4, -0.2) is 11.0 Å². The van der Waals surface area contributed by atoms with Crippen LogP contribution in [0.2, 0.25) is 0 Å². The molecule has 0 radical (unpaired) electrons. The molecular formula is C11H11N3O2. The number of nitriles is 1. The molecule has 5 nitrogen and oxygen atoms in total. The summed E-state index contributed by atoms with van der Waals surface area (Å²) in [6.07, 6.45) is 3.41. The molecule has 0 saturated heterocycles. The van der Waals surface area contributed by atoms with Crippen molar-refractivity contribution >= 4 is 11.4 Å². The molecular weight excluding hydrogens is 206 g/mol. The van der Waals surface area contributed by atoms with Gasteiger partial charge in [0, 0.05) is 17.8 Å². The number of nitro groups is 1. The van der Waals surface area contributed by atoms with Crippen LogP contribution in [0.15, 0.2) is 18.2 Å². The molecule has 0 spiro atoms. The van der Waals surface area contributed by atoms with Gasteiger partial charge in [0.2, 0.25) is 0 Å². The van der Waals surface area contributed by atoms with Gasteiger partial charge in [0.15, 0.2) is 0 Å². The minimum absolute atomic E-state index is 0.101. The largest absolute Gasteiger partial charge is 0.382 e. The second-order valence-corrected chi connectivity index (χ2v) is 3.87. The van der Waals surface area contributed by atoms with Crippen LogP contribution >= 0.6 is 0 Å². The first-order valence-electron chi connectivity index (χ1n) is 5.16. The molecule has 0 heterocycles. The number of rotatable bonds is 3. The van der Waals surface area contributed by atoms with Crippen molar-refractivity contribution < 1.29 is 4.92 Å². The molecule has 2 rings (SSSR count). The maximum absolute atomic E-state index is 10.7. The smallest absolute Gasteiger partial charge is 0.289 e. The fourth-order valence-electron chi connectivity index (χ4n) is 1.66. The van der Waals surface area contributed by atoms with Crippen molar-refractivity contribution in [1.29, 1.82) is 5.26 Å². The van der Waals surface area contributed by atoms with Gasteiger partial charge in [0.1, 0.15) is 11.6 Å². The first-order chi connectivity index (χ1) is 7.70. The lowest BCUT2D eigenvalue weighted by Gasteiger charge is -2.27. The zero-order valence-electron chi connectivity index (χ0n) is 8.64. The third-order valence-corrected chi connectivity index (χ3v) is 2.79. The second-order valence-electron chi connectivity index (χ2n) is 3.87. The number of hydrogen-bond donors (Lipinski definition) is 1. The highest BCUT2D eigenvalue weighted by Crippen LogP contribution is 2.27. The van der Waals surface area contributed by atoms with E-state index >= 15 is 0 Å². The first kappa shape index (κ1) is 10.4. The third-order valence-electron chi connectivity index (χ3n) is 2.79. The molecule has 0 unspecified atom stereocenters. The standard InChI is InChI=1S/C11H11N3O2/c12-7-8-4-5-10(6-11(8)14(15)16)13-9-2-1-3-9/h4-6,9,13H,1-3H2. The summed E-state index contributed by atoms with van der Waals surface area (Å²) in [6.45, 7) is 0. The molecule has 1 aromatic carbocycles. The Labute approximate surface area is 92.8 Å².